The van der Waals surface area contributed by atoms with Crippen molar-refractivity contribution in [2.75, 3.05) is 31.5 Å². The average molecular weight is 448 g/mol. The highest BCUT2D eigenvalue weighted by Gasteiger charge is 2.24. The van der Waals surface area contributed by atoms with Crippen LogP contribution in [0.2, 0.25) is 5.02 Å². The molecule has 0 radical (unpaired) electrons. The molecular formula is C27H30ClN3O. The lowest BCUT2D eigenvalue weighted by atomic mass is 9.89. The van der Waals surface area contributed by atoms with E-state index in [4.69, 9.17) is 11.6 Å². The van der Waals surface area contributed by atoms with Crippen molar-refractivity contribution in [3.63, 3.8) is 0 Å². The third-order valence-corrected chi connectivity index (χ3v) is 7.14. The number of hydrogen-bond donors (Lipinski definition) is 1. The maximum Gasteiger partial charge on any atom is 0.321 e. The Bertz CT molecular complexity index is 1080. The maximum atomic E-state index is 12.8. The molecule has 0 aromatic heterocycles. The van der Waals surface area contributed by atoms with Crippen molar-refractivity contribution < 1.29 is 4.79 Å². The third kappa shape index (κ3) is 4.92. The summed E-state index contributed by atoms with van der Waals surface area (Å²) in [6.45, 7) is 4.99. The fraction of sp³-hybridized carbons (Fsp3) is 0.370. The zero-order chi connectivity index (χ0) is 21.9. The molecule has 1 N–H and O–H groups in total. The summed E-state index contributed by atoms with van der Waals surface area (Å²) in [5, 5.41) is 6.25. The van der Waals surface area contributed by atoms with E-state index in [9.17, 15) is 4.79 Å². The number of rotatable bonds is 4. The van der Waals surface area contributed by atoms with Gasteiger partial charge in [0.1, 0.15) is 0 Å². The predicted molar refractivity (Wildman–Crippen MR) is 132 cm³/mol. The first-order valence-corrected chi connectivity index (χ1v) is 12.1. The second-order valence-electron chi connectivity index (χ2n) is 9.12. The molecule has 0 unspecified atom stereocenters. The van der Waals surface area contributed by atoms with Gasteiger partial charge in [-0.15, -0.1) is 0 Å². The van der Waals surface area contributed by atoms with Gasteiger partial charge in [-0.05, 0) is 96.9 Å². The van der Waals surface area contributed by atoms with Crippen LogP contribution in [0.15, 0.2) is 60.7 Å². The van der Waals surface area contributed by atoms with Crippen LogP contribution in [0.5, 0.6) is 0 Å². The second kappa shape index (κ2) is 9.51. The molecule has 166 valence electrons. The van der Waals surface area contributed by atoms with Crippen LogP contribution in [0.25, 0.3) is 10.8 Å². The number of nitrogens with one attached hydrogen (secondary N) is 1. The van der Waals surface area contributed by atoms with E-state index in [1.54, 1.807) is 0 Å². The summed E-state index contributed by atoms with van der Waals surface area (Å²) in [6.07, 6.45) is 4.59. The third-order valence-electron chi connectivity index (χ3n) is 6.88. The number of nitrogens with zero attached hydrogens (tertiary/aromatic N) is 2. The number of amides is 2. The number of fused-ring (bicyclic) bond motifs is 1. The number of likely N-dealkylation sites (tertiary alicyclic amines) is 2. The standard InChI is InChI=1S/C27H30ClN3O/c28-25-8-5-21(6-9-25)22-11-15-31(16-12-22)27(32)29-26-10-7-23-17-20(3-4-24(23)18-26)19-30-13-1-2-14-30/h3-10,17-18,22H,1-2,11-16,19H2,(H,29,32). The van der Waals surface area contributed by atoms with Crippen molar-refractivity contribution in [2.24, 2.45) is 0 Å². The largest absolute Gasteiger partial charge is 0.324 e. The van der Waals surface area contributed by atoms with Gasteiger partial charge in [0, 0.05) is 30.3 Å². The zero-order valence-electron chi connectivity index (χ0n) is 18.4. The van der Waals surface area contributed by atoms with Gasteiger partial charge in [0.2, 0.25) is 0 Å². The lowest BCUT2D eigenvalue weighted by molar-refractivity contribution is 0.194. The van der Waals surface area contributed by atoms with Gasteiger partial charge in [-0.3, -0.25) is 4.90 Å². The molecule has 2 heterocycles. The summed E-state index contributed by atoms with van der Waals surface area (Å²) in [4.78, 5) is 17.3. The van der Waals surface area contributed by atoms with Gasteiger partial charge in [0.15, 0.2) is 0 Å². The number of hydrogen-bond acceptors (Lipinski definition) is 2. The molecule has 0 saturated carbocycles. The van der Waals surface area contributed by atoms with Crippen molar-refractivity contribution in [1.82, 2.24) is 9.80 Å². The molecule has 2 fully saturated rings. The molecule has 4 nitrogen and oxygen atoms in total. The van der Waals surface area contributed by atoms with E-state index in [1.807, 2.05) is 23.1 Å². The number of piperidine rings is 1. The predicted octanol–water partition coefficient (Wildman–Crippen LogP) is 6.50. The molecule has 0 spiro atoms. The zero-order valence-corrected chi connectivity index (χ0v) is 19.2. The fourth-order valence-corrected chi connectivity index (χ4v) is 5.15. The Morgan fingerprint density at radius 1 is 0.875 bits per heavy atom. The lowest BCUT2D eigenvalue weighted by Crippen LogP contribution is -2.40. The van der Waals surface area contributed by atoms with E-state index in [1.165, 1.54) is 42.4 Å². The number of urea groups is 1. The minimum Gasteiger partial charge on any atom is -0.324 e. The fourth-order valence-electron chi connectivity index (χ4n) is 5.02. The van der Waals surface area contributed by atoms with E-state index in [0.717, 1.165) is 48.6 Å². The first-order chi connectivity index (χ1) is 15.6. The normalized spacial score (nSPS) is 17.7. The smallest absolute Gasteiger partial charge is 0.321 e. The number of halogens is 1. The Morgan fingerprint density at radius 3 is 2.31 bits per heavy atom. The summed E-state index contributed by atoms with van der Waals surface area (Å²) in [7, 11) is 0. The van der Waals surface area contributed by atoms with Gasteiger partial charge in [0.25, 0.3) is 0 Å². The molecule has 2 aliphatic heterocycles. The Kier molecular flexibility index (Phi) is 6.33. The van der Waals surface area contributed by atoms with E-state index in [-0.39, 0.29) is 6.03 Å². The number of carbonyl (C=O) groups excluding carboxylic acids is 1. The van der Waals surface area contributed by atoms with E-state index >= 15 is 0 Å². The van der Waals surface area contributed by atoms with Gasteiger partial charge in [-0.1, -0.05) is 41.9 Å². The van der Waals surface area contributed by atoms with Crippen molar-refractivity contribution >= 4 is 34.1 Å². The highest BCUT2D eigenvalue weighted by molar-refractivity contribution is 6.30. The first kappa shape index (κ1) is 21.3. The number of carbonyl (C=O) groups is 1. The molecule has 2 saturated heterocycles. The summed E-state index contributed by atoms with van der Waals surface area (Å²) >= 11 is 6.01. The van der Waals surface area contributed by atoms with E-state index < -0.39 is 0 Å². The monoisotopic (exact) mass is 447 g/mol. The molecule has 5 rings (SSSR count). The van der Waals surface area contributed by atoms with Crippen LogP contribution in [-0.4, -0.2) is 42.0 Å². The molecule has 3 aromatic carbocycles. The van der Waals surface area contributed by atoms with Gasteiger partial charge in [-0.25, -0.2) is 4.79 Å². The highest BCUT2D eigenvalue weighted by Crippen LogP contribution is 2.29. The molecule has 0 aliphatic carbocycles. The molecule has 3 aromatic rings. The van der Waals surface area contributed by atoms with Crippen molar-refractivity contribution in [1.29, 1.82) is 0 Å². The number of anilines is 1. The summed E-state index contributed by atoms with van der Waals surface area (Å²) in [5.74, 6) is 0.492. The number of benzene rings is 3. The lowest BCUT2D eigenvalue weighted by Gasteiger charge is -2.32. The van der Waals surface area contributed by atoms with Crippen molar-refractivity contribution in [2.45, 2.75) is 38.1 Å². The van der Waals surface area contributed by atoms with Crippen LogP contribution in [0, 0.1) is 0 Å². The Morgan fingerprint density at radius 2 is 1.56 bits per heavy atom. The molecule has 0 atom stereocenters. The van der Waals surface area contributed by atoms with Crippen LogP contribution in [0.1, 0.15) is 42.7 Å². The van der Waals surface area contributed by atoms with E-state index in [0.29, 0.717) is 5.92 Å². The quantitative estimate of drug-likeness (QED) is 0.495. The van der Waals surface area contributed by atoms with Crippen LogP contribution >= 0.6 is 11.6 Å². The van der Waals surface area contributed by atoms with Gasteiger partial charge in [0.05, 0.1) is 0 Å². The summed E-state index contributed by atoms with van der Waals surface area (Å²) in [6, 6.07) is 21.0. The molecule has 32 heavy (non-hydrogen) atoms. The van der Waals surface area contributed by atoms with Crippen LogP contribution < -0.4 is 5.32 Å². The Balaban J connectivity index is 1.18. The average Bonchev–Trinajstić information content (AvgIpc) is 3.33. The molecule has 2 aliphatic rings. The minimum atomic E-state index is -0.00967. The van der Waals surface area contributed by atoms with Crippen molar-refractivity contribution in [3.05, 3.63) is 76.8 Å². The summed E-state index contributed by atoms with van der Waals surface area (Å²) in [5.41, 5.74) is 3.53. The molecule has 2 amide bonds. The maximum absolute atomic E-state index is 12.8. The minimum absolute atomic E-state index is 0.00967. The van der Waals surface area contributed by atoms with E-state index in [2.05, 4.69) is 52.7 Å². The summed E-state index contributed by atoms with van der Waals surface area (Å²) < 4.78 is 0. The van der Waals surface area contributed by atoms with Crippen LogP contribution in [0.3, 0.4) is 0 Å². The Hall–Kier alpha value is -2.56. The Labute approximate surface area is 195 Å². The van der Waals surface area contributed by atoms with Gasteiger partial charge in [-0.2, -0.15) is 0 Å². The van der Waals surface area contributed by atoms with Crippen molar-refractivity contribution in [3.8, 4) is 0 Å². The topological polar surface area (TPSA) is 35.6 Å². The highest BCUT2D eigenvalue weighted by atomic mass is 35.5. The van der Waals surface area contributed by atoms with Crippen LogP contribution in [-0.2, 0) is 6.54 Å². The van der Waals surface area contributed by atoms with Crippen LogP contribution in [0.4, 0.5) is 10.5 Å². The first-order valence-electron chi connectivity index (χ1n) is 11.7. The second-order valence-corrected chi connectivity index (χ2v) is 9.56. The van der Waals surface area contributed by atoms with Gasteiger partial charge < -0.3 is 10.2 Å². The molecular weight excluding hydrogens is 418 g/mol. The molecule has 0 bridgehead atoms. The molecule has 5 heteroatoms. The SMILES string of the molecule is O=C(Nc1ccc2cc(CN3CCCC3)ccc2c1)N1CCC(c2ccc(Cl)cc2)CC1. The van der Waals surface area contributed by atoms with Gasteiger partial charge >= 0.3 is 6.03 Å².